The quantitative estimate of drug-likeness (QED) is 0.632. The van der Waals surface area contributed by atoms with Crippen molar-refractivity contribution in [2.24, 2.45) is 0 Å². The van der Waals surface area contributed by atoms with E-state index < -0.39 is 12.0 Å². The Balaban J connectivity index is 2.48. The van der Waals surface area contributed by atoms with Crippen molar-refractivity contribution in [3.63, 3.8) is 0 Å². The average molecular weight is 185 g/mol. The number of aliphatic hydroxyl groups excluding tert-OH is 1. The number of ether oxygens (including phenoxy) is 1. The average Bonchev–Trinajstić information content (AvgIpc) is 2.65. The van der Waals surface area contributed by atoms with Crippen LogP contribution in [0.25, 0.3) is 0 Å². The van der Waals surface area contributed by atoms with Crippen LogP contribution in [-0.4, -0.2) is 39.3 Å². The van der Waals surface area contributed by atoms with Crippen molar-refractivity contribution in [3.8, 4) is 0 Å². The molecule has 0 aliphatic heterocycles. The van der Waals surface area contributed by atoms with E-state index in [-0.39, 0.29) is 13.2 Å². The smallest absolute Gasteiger partial charge is 0.330 e. The number of hydrogen-bond donors (Lipinski definition) is 1. The third-order valence-corrected chi connectivity index (χ3v) is 1.51. The number of esters is 1. The molecule has 1 atom stereocenters. The van der Waals surface area contributed by atoms with Crippen LogP contribution in [0.15, 0.2) is 12.4 Å². The first kappa shape index (κ1) is 9.66. The van der Waals surface area contributed by atoms with Gasteiger partial charge in [-0.05, 0) is 6.92 Å². The van der Waals surface area contributed by atoms with E-state index >= 15 is 0 Å². The summed E-state index contributed by atoms with van der Waals surface area (Å²) in [5.41, 5.74) is 0. The summed E-state index contributed by atoms with van der Waals surface area (Å²) in [5, 5.41) is 15.6. The molecule has 0 aliphatic rings. The minimum absolute atomic E-state index is 0.0118. The van der Waals surface area contributed by atoms with Crippen LogP contribution >= 0.6 is 0 Å². The van der Waals surface area contributed by atoms with Gasteiger partial charge in [-0.25, -0.2) is 9.48 Å². The van der Waals surface area contributed by atoms with Crippen molar-refractivity contribution in [2.45, 2.75) is 13.0 Å². The number of aromatic nitrogens is 3. The Morgan fingerprint density at radius 3 is 3.08 bits per heavy atom. The molecule has 6 heteroatoms. The Kier molecular flexibility index (Phi) is 3.39. The highest BCUT2D eigenvalue weighted by molar-refractivity contribution is 5.73. The van der Waals surface area contributed by atoms with Crippen molar-refractivity contribution in [2.75, 3.05) is 13.2 Å². The number of rotatable bonds is 4. The van der Waals surface area contributed by atoms with Gasteiger partial charge in [-0.3, -0.25) is 0 Å². The molecule has 0 saturated heterocycles. The highest BCUT2D eigenvalue weighted by atomic mass is 16.5. The topological polar surface area (TPSA) is 77.2 Å². The molecule has 0 spiro atoms. The summed E-state index contributed by atoms with van der Waals surface area (Å²) >= 11 is 0. The molecule has 1 N–H and O–H groups in total. The highest BCUT2D eigenvalue weighted by Crippen LogP contribution is 2.04. The van der Waals surface area contributed by atoms with E-state index in [1.165, 1.54) is 10.9 Å². The second kappa shape index (κ2) is 4.56. The van der Waals surface area contributed by atoms with Crippen molar-refractivity contribution >= 4 is 5.97 Å². The molecule has 1 unspecified atom stereocenters. The van der Waals surface area contributed by atoms with Gasteiger partial charge in [-0.2, -0.15) is 0 Å². The van der Waals surface area contributed by atoms with E-state index in [1.807, 2.05) is 0 Å². The largest absolute Gasteiger partial charge is 0.462 e. The van der Waals surface area contributed by atoms with Crippen LogP contribution in [0.5, 0.6) is 0 Å². The molecule has 0 bridgehead atoms. The zero-order chi connectivity index (χ0) is 9.68. The molecule has 0 radical (unpaired) electrons. The number of carbonyl (C=O) groups is 1. The predicted molar refractivity (Wildman–Crippen MR) is 42.8 cm³/mol. The Labute approximate surface area is 75.1 Å². The Bertz CT molecular complexity index is 260. The lowest BCUT2D eigenvalue weighted by atomic mass is 10.3. The van der Waals surface area contributed by atoms with Crippen LogP contribution in [-0.2, 0) is 9.53 Å². The third kappa shape index (κ3) is 2.51. The lowest BCUT2D eigenvalue weighted by Gasteiger charge is -2.09. The lowest BCUT2D eigenvalue weighted by molar-refractivity contribution is -0.148. The molecule has 6 nitrogen and oxygen atoms in total. The number of aliphatic hydroxyl groups is 1. The number of nitrogens with zero attached hydrogens (tertiary/aromatic N) is 3. The van der Waals surface area contributed by atoms with Crippen LogP contribution in [0.3, 0.4) is 0 Å². The zero-order valence-electron chi connectivity index (χ0n) is 7.25. The lowest BCUT2D eigenvalue weighted by Crippen LogP contribution is -2.21. The van der Waals surface area contributed by atoms with E-state index in [0.717, 1.165) is 0 Å². The summed E-state index contributed by atoms with van der Waals surface area (Å²) in [5.74, 6) is -0.431. The normalized spacial score (nSPS) is 12.5. The first-order chi connectivity index (χ1) is 6.25. The van der Waals surface area contributed by atoms with Crippen molar-refractivity contribution in [3.05, 3.63) is 12.4 Å². The van der Waals surface area contributed by atoms with Crippen molar-refractivity contribution in [1.82, 2.24) is 15.0 Å². The van der Waals surface area contributed by atoms with Gasteiger partial charge in [0.2, 0.25) is 0 Å². The SMILES string of the molecule is CC(C(=O)OCCO)n1ccnn1. The molecule has 0 saturated carbocycles. The fraction of sp³-hybridized carbons (Fsp3) is 0.571. The van der Waals surface area contributed by atoms with Gasteiger partial charge in [0.15, 0.2) is 0 Å². The van der Waals surface area contributed by atoms with E-state index in [2.05, 4.69) is 10.3 Å². The highest BCUT2D eigenvalue weighted by Gasteiger charge is 2.16. The summed E-state index contributed by atoms with van der Waals surface area (Å²) in [6.07, 6.45) is 3.06. The third-order valence-electron chi connectivity index (χ3n) is 1.51. The van der Waals surface area contributed by atoms with Gasteiger partial charge in [0.25, 0.3) is 0 Å². The van der Waals surface area contributed by atoms with Crippen LogP contribution in [0.2, 0.25) is 0 Å². The van der Waals surface area contributed by atoms with Crippen LogP contribution in [0.4, 0.5) is 0 Å². The van der Waals surface area contributed by atoms with Crippen LogP contribution < -0.4 is 0 Å². The van der Waals surface area contributed by atoms with E-state index in [4.69, 9.17) is 9.84 Å². The van der Waals surface area contributed by atoms with Crippen LogP contribution in [0, 0.1) is 0 Å². The minimum atomic E-state index is -0.506. The van der Waals surface area contributed by atoms with Crippen LogP contribution in [0.1, 0.15) is 13.0 Å². The van der Waals surface area contributed by atoms with E-state index in [9.17, 15) is 4.79 Å². The van der Waals surface area contributed by atoms with Crippen molar-refractivity contribution in [1.29, 1.82) is 0 Å². The standard InChI is InChI=1S/C7H11N3O3/c1-6(7(12)13-5-4-11)10-3-2-8-9-10/h2-3,6,11H,4-5H2,1H3. The monoisotopic (exact) mass is 185 g/mol. The molecule has 0 aliphatic carbocycles. The summed E-state index contributed by atoms with van der Waals surface area (Å²) < 4.78 is 6.09. The molecule has 1 rings (SSSR count). The first-order valence-corrected chi connectivity index (χ1v) is 3.89. The second-order valence-corrected chi connectivity index (χ2v) is 2.45. The van der Waals surface area contributed by atoms with Gasteiger partial charge in [-0.1, -0.05) is 5.21 Å². The molecule has 13 heavy (non-hydrogen) atoms. The summed E-state index contributed by atoms with van der Waals surface area (Å²) in [6, 6.07) is -0.506. The molecule has 1 heterocycles. The Morgan fingerprint density at radius 1 is 1.77 bits per heavy atom. The first-order valence-electron chi connectivity index (χ1n) is 3.89. The van der Waals surface area contributed by atoms with Gasteiger partial charge in [0.05, 0.1) is 12.8 Å². The summed E-state index contributed by atoms with van der Waals surface area (Å²) in [6.45, 7) is 1.49. The molecule has 0 aromatic carbocycles. The van der Waals surface area contributed by atoms with Gasteiger partial charge in [0, 0.05) is 6.20 Å². The molecule has 1 aromatic heterocycles. The maximum absolute atomic E-state index is 11.2. The Hall–Kier alpha value is -1.43. The van der Waals surface area contributed by atoms with E-state index in [1.54, 1.807) is 13.1 Å². The molecule has 72 valence electrons. The molecule has 0 amide bonds. The molecular weight excluding hydrogens is 174 g/mol. The minimum Gasteiger partial charge on any atom is -0.462 e. The van der Waals surface area contributed by atoms with Gasteiger partial charge in [0.1, 0.15) is 12.6 Å². The Morgan fingerprint density at radius 2 is 2.54 bits per heavy atom. The summed E-state index contributed by atoms with van der Waals surface area (Å²) in [7, 11) is 0. The molecule has 1 aromatic rings. The van der Waals surface area contributed by atoms with E-state index in [0.29, 0.717) is 0 Å². The molecule has 0 fully saturated rings. The maximum atomic E-state index is 11.2. The number of carbonyl (C=O) groups excluding carboxylic acids is 1. The number of hydrogen-bond acceptors (Lipinski definition) is 5. The predicted octanol–water partition coefficient (Wildman–Crippen LogP) is -0.625. The van der Waals surface area contributed by atoms with Gasteiger partial charge < -0.3 is 9.84 Å². The second-order valence-electron chi connectivity index (χ2n) is 2.45. The summed E-state index contributed by atoms with van der Waals surface area (Å²) in [4.78, 5) is 11.2. The fourth-order valence-corrected chi connectivity index (χ4v) is 0.799. The molecular formula is C7H11N3O3. The fourth-order valence-electron chi connectivity index (χ4n) is 0.799. The maximum Gasteiger partial charge on any atom is 0.330 e. The van der Waals surface area contributed by atoms with Crippen molar-refractivity contribution < 1.29 is 14.6 Å². The zero-order valence-corrected chi connectivity index (χ0v) is 7.25. The van der Waals surface area contributed by atoms with Gasteiger partial charge >= 0.3 is 5.97 Å². The van der Waals surface area contributed by atoms with Gasteiger partial charge in [-0.15, -0.1) is 5.10 Å².